The molecule has 6 heteroatoms. The highest BCUT2D eigenvalue weighted by Gasteiger charge is 2.25. The van der Waals surface area contributed by atoms with Crippen LogP contribution in [0.2, 0.25) is 0 Å². The zero-order valence-corrected chi connectivity index (χ0v) is 10.5. The van der Waals surface area contributed by atoms with E-state index in [4.69, 9.17) is 0 Å². The molecule has 96 valence electrons. The quantitative estimate of drug-likeness (QED) is 0.365. The number of aryl methyl sites for hydroxylation is 1. The van der Waals surface area contributed by atoms with Crippen molar-refractivity contribution in [3.63, 3.8) is 0 Å². The number of imidazole rings is 1. The summed E-state index contributed by atoms with van der Waals surface area (Å²) >= 11 is 0. The number of aliphatic imine (C=N–C) groups is 1. The van der Waals surface area contributed by atoms with E-state index in [1.54, 1.807) is 40.0 Å². The SMILES string of the molecule is C=Cc1ccc([N+](=O)[O-])c(-n2cc[n+](C)c2)c1N=C. The van der Waals surface area contributed by atoms with Crippen LogP contribution in [-0.4, -0.2) is 16.2 Å². The monoisotopic (exact) mass is 257 g/mol. The number of hydrogen-bond donors (Lipinski definition) is 0. The predicted molar refractivity (Wildman–Crippen MR) is 72.9 cm³/mol. The molecule has 0 spiro atoms. The highest BCUT2D eigenvalue weighted by molar-refractivity contribution is 5.79. The molecule has 0 amide bonds. The molecular formula is C13H13N4O2+. The Morgan fingerprint density at radius 2 is 2.26 bits per heavy atom. The Bertz CT molecular complexity index is 673. The lowest BCUT2D eigenvalue weighted by Crippen LogP contribution is -2.23. The van der Waals surface area contributed by atoms with Crippen molar-refractivity contribution in [2.24, 2.45) is 12.0 Å². The summed E-state index contributed by atoms with van der Waals surface area (Å²) in [6.45, 7) is 7.17. The summed E-state index contributed by atoms with van der Waals surface area (Å²) < 4.78 is 3.44. The Balaban J connectivity index is 2.83. The summed E-state index contributed by atoms with van der Waals surface area (Å²) in [6, 6.07) is 3.06. The van der Waals surface area contributed by atoms with Crippen LogP contribution in [0.25, 0.3) is 11.8 Å². The molecular weight excluding hydrogens is 244 g/mol. The molecule has 0 aliphatic rings. The Morgan fingerprint density at radius 1 is 1.53 bits per heavy atom. The van der Waals surface area contributed by atoms with Crippen LogP contribution < -0.4 is 4.57 Å². The topological polar surface area (TPSA) is 64.3 Å². The van der Waals surface area contributed by atoms with Gasteiger partial charge in [0.15, 0.2) is 0 Å². The molecule has 1 heterocycles. The standard InChI is InChI=1S/C13H13N4O2/c1-4-10-5-6-11(17(18)19)13(12(10)14-2)16-8-7-15(3)9-16/h4-9H,1-2H2,3H3/q+1. The lowest BCUT2D eigenvalue weighted by atomic mass is 10.1. The van der Waals surface area contributed by atoms with E-state index >= 15 is 0 Å². The lowest BCUT2D eigenvalue weighted by Gasteiger charge is -2.05. The number of nitrogens with zero attached hydrogens (tertiary/aromatic N) is 4. The van der Waals surface area contributed by atoms with E-state index in [1.807, 2.05) is 7.05 Å². The van der Waals surface area contributed by atoms with Gasteiger partial charge >= 0.3 is 5.69 Å². The summed E-state index contributed by atoms with van der Waals surface area (Å²) in [5.41, 5.74) is 1.51. The van der Waals surface area contributed by atoms with Crippen molar-refractivity contribution in [3.8, 4) is 5.69 Å². The lowest BCUT2D eigenvalue weighted by molar-refractivity contribution is -0.670. The van der Waals surface area contributed by atoms with Gasteiger partial charge in [0.25, 0.3) is 0 Å². The fourth-order valence-electron chi connectivity index (χ4n) is 1.90. The van der Waals surface area contributed by atoms with Gasteiger partial charge in [0.05, 0.1) is 12.0 Å². The minimum Gasteiger partial charge on any atom is -0.259 e. The van der Waals surface area contributed by atoms with Crippen LogP contribution in [0.15, 0.2) is 42.4 Å². The number of hydrogen-bond acceptors (Lipinski definition) is 3. The highest BCUT2D eigenvalue weighted by Crippen LogP contribution is 2.35. The Morgan fingerprint density at radius 3 is 2.74 bits per heavy atom. The van der Waals surface area contributed by atoms with Crippen LogP contribution in [0, 0.1) is 10.1 Å². The number of benzene rings is 1. The van der Waals surface area contributed by atoms with Gasteiger partial charge in [-0.3, -0.25) is 15.1 Å². The van der Waals surface area contributed by atoms with Gasteiger partial charge < -0.3 is 0 Å². The van der Waals surface area contributed by atoms with Gasteiger partial charge in [-0.15, -0.1) is 0 Å². The summed E-state index contributed by atoms with van der Waals surface area (Å²) in [6.07, 6.45) is 6.84. The maximum Gasteiger partial charge on any atom is 0.318 e. The second kappa shape index (κ2) is 4.85. The smallest absolute Gasteiger partial charge is 0.259 e. The average Bonchev–Trinajstić information content (AvgIpc) is 2.82. The molecule has 19 heavy (non-hydrogen) atoms. The summed E-state index contributed by atoms with van der Waals surface area (Å²) in [5.74, 6) is 0. The molecule has 0 radical (unpaired) electrons. The molecule has 0 N–H and O–H groups in total. The zero-order chi connectivity index (χ0) is 14.0. The average molecular weight is 257 g/mol. The van der Waals surface area contributed by atoms with E-state index in [2.05, 4.69) is 18.3 Å². The normalized spacial score (nSPS) is 10.2. The van der Waals surface area contributed by atoms with Crippen molar-refractivity contribution in [1.29, 1.82) is 0 Å². The first-order chi connectivity index (χ1) is 9.08. The molecule has 2 rings (SSSR count). The molecule has 1 aromatic carbocycles. The van der Waals surface area contributed by atoms with E-state index < -0.39 is 4.92 Å². The number of nitro groups is 1. The maximum absolute atomic E-state index is 11.2. The van der Waals surface area contributed by atoms with Gasteiger partial charge in [-0.1, -0.05) is 12.7 Å². The molecule has 1 aromatic heterocycles. The van der Waals surface area contributed by atoms with Crippen molar-refractivity contribution in [2.75, 3.05) is 0 Å². The third-order valence-electron chi connectivity index (χ3n) is 2.76. The van der Waals surface area contributed by atoms with Crippen LogP contribution >= 0.6 is 0 Å². The van der Waals surface area contributed by atoms with E-state index in [0.717, 1.165) is 0 Å². The molecule has 0 fully saturated rings. The third-order valence-corrected chi connectivity index (χ3v) is 2.76. The molecule has 0 saturated heterocycles. The fraction of sp³-hybridized carbons (Fsp3) is 0.0769. The van der Waals surface area contributed by atoms with Crippen LogP contribution in [0.4, 0.5) is 11.4 Å². The second-order valence-electron chi connectivity index (χ2n) is 3.98. The van der Waals surface area contributed by atoms with Gasteiger partial charge in [0.1, 0.15) is 18.1 Å². The van der Waals surface area contributed by atoms with E-state index in [1.165, 1.54) is 6.07 Å². The fourth-order valence-corrected chi connectivity index (χ4v) is 1.90. The van der Waals surface area contributed by atoms with Crippen molar-refractivity contribution >= 4 is 24.2 Å². The molecule has 6 nitrogen and oxygen atoms in total. The molecule has 2 aromatic rings. The number of nitro benzene ring substituents is 1. The molecule has 0 unspecified atom stereocenters. The molecule has 0 bridgehead atoms. The van der Waals surface area contributed by atoms with E-state index in [0.29, 0.717) is 16.9 Å². The first-order valence-corrected chi connectivity index (χ1v) is 5.52. The first-order valence-electron chi connectivity index (χ1n) is 5.52. The molecule has 0 atom stereocenters. The van der Waals surface area contributed by atoms with Gasteiger partial charge in [-0.05, 0) is 12.8 Å². The minimum absolute atomic E-state index is 0.0239. The van der Waals surface area contributed by atoms with Gasteiger partial charge in [0.2, 0.25) is 12.0 Å². The van der Waals surface area contributed by atoms with Crippen molar-refractivity contribution in [3.05, 3.63) is 53.1 Å². The van der Waals surface area contributed by atoms with E-state index in [9.17, 15) is 10.1 Å². The zero-order valence-electron chi connectivity index (χ0n) is 10.5. The molecule has 0 aliphatic carbocycles. The summed E-state index contributed by atoms with van der Waals surface area (Å²) in [4.78, 5) is 14.6. The number of rotatable bonds is 4. The van der Waals surface area contributed by atoms with E-state index in [-0.39, 0.29) is 5.69 Å². The third kappa shape index (κ3) is 2.15. The molecule has 0 aliphatic heterocycles. The van der Waals surface area contributed by atoms with Crippen LogP contribution in [-0.2, 0) is 7.05 Å². The summed E-state index contributed by atoms with van der Waals surface area (Å²) in [5, 5.41) is 11.2. The number of aromatic nitrogens is 2. The van der Waals surface area contributed by atoms with Gasteiger partial charge in [0, 0.05) is 11.6 Å². The van der Waals surface area contributed by atoms with Crippen molar-refractivity contribution in [2.45, 2.75) is 0 Å². The van der Waals surface area contributed by atoms with Crippen molar-refractivity contribution in [1.82, 2.24) is 4.57 Å². The van der Waals surface area contributed by atoms with Crippen LogP contribution in [0.5, 0.6) is 0 Å². The maximum atomic E-state index is 11.2. The van der Waals surface area contributed by atoms with Crippen LogP contribution in [0.3, 0.4) is 0 Å². The minimum atomic E-state index is -0.434. The van der Waals surface area contributed by atoms with Crippen molar-refractivity contribution < 1.29 is 9.49 Å². The van der Waals surface area contributed by atoms with Gasteiger partial charge in [-0.2, -0.15) is 4.57 Å². The van der Waals surface area contributed by atoms with Gasteiger partial charge in [-0.25, -0.2) is 4.57 Å². The Hall–Kier alpha value is -2.76. The highest BCUT2D eigenvalue weighted by atomic mass is 16.6. The van der Waals surface area contributed by atoms with Crippen LogP contribution in [0.1, 0.15) is 5.56 Å². The largest absolute Gasteiger partial charge is 0.318 e. The second-order valence-corrected chi connectivity index (χ2v) is 3.98. The molecule has 0 saturated carbocycles. The summed E-state index contributed by atoms with van der Waals surface area (Å²) in [7, 11) is 1.83. The Kier molecular flexibility index (Phi) is 3.24. The predicted octanol–water partition coefficient (Wildman–Crippen LogP) is 2.19. The first kappa shape index (κ1) is 12.7. The Labute approximate surface area is 110 Å².